The summed E-state index contributed by atoms with van der Waals surface area (Å²) in [5, 5.41) is 2.88. The molecule has 0 bridgehead atoms. The topological polar surface area (TPSA) is 38.3 Å². The zero-order valence-electron chi connectivity index (χ0n) is 14.1. The van der Waals surface area contributed by atoms with Crippen LogP contribution in [-0.4, -0.2) is 34.4 Å². The van der Waals surface area contributed by atoms with E-state index < -0.39 is 16.4 Å². The summed E-state index contributed by atoms with van der Waals surface area (Å²) in [5.74, 6) is 0.0605. The Morgan fingerprint density at radius 2 is 1.68 bits per heavy atom. The summed E-state index contributed by atoms with van der Waals surface area (Å²) in [6.45, 7) is 18.4. The van der Waals surface area contributed by atoms with Gasteiger partial charge in [-0.2, -0.15) is 0 Å². The van der Waals surface area contributed by atoms with Gasteiger partial charge in [0.05, 0.1) is 0 Å². The molecule has 0 aromatic rings. The summed E-state index contributed by atoms with van der Waals surface area (Å²) in [6, 6.07) is 1.13. The third-order valence-electron chi connectivity index (χ3n) is 2.71. The summed E-state index contributed by atoms with van der Waals surface area (Å²) in [7, 11) is -2.81. The van der Waals surface area contributed by atoms with Gasteiger partial charge in [-0.1, -0.05) is 19.6 Å². The highest BCUT2D eigenvalue weighted by Crippen LogP contribution is 2.29. The third-order valence-corrected chi connectivity index (χ3v) is 12.5. The molecule has 1 N–H and O–H groups in total. The molecule has 0 radical (unpaired) electrons. The Balaban J connectivity index is 4.54. The molecule has 1 amide bonds. The SMILES string of the molecule is CC(=O)NCCC[Si](C)(C[Si](C)(C)C)OC(C)(C)C. The van der Waals surface area contributed by atoms with E-state index in [-0.39, 0.29) is 11.5 Å². The first kappa shape index (κ1) is 18.9. The monoisotopic (exact) mass is 303 g/mol. The van der Waals surface area contributed by atoms with Gasteiger partial charge >= 0.3 is 0 Å². The lowest BCUT2D eigenvalue weighted by molar-refractivity contribution is -0.118. The van der Waals surface area contributed by atoms with Crippen LogP contribution in [0, 0.1) is 0 Å². The van der Waals surface area contributed by atoms with Crippen LogP contribution in [0.3, 0.4) is 0 Å². The number of rotatable bonds is 7. The van der Waals surface area contributed by atoms with Crippen LogP contribution < -0.4 is 5.32 Å². The molecular weight excluding hydrogens is 270 g/mol. The van der Waals surface area contributed by atoms with E-state index in [0.29, 0.717) is 0 Å². The molecule has 5 heteroatoms. The zero-order valence-corrected chi connectivity index (χ0v) is 16.1. The molecule has 1 atom stereocenters. The van der Waals surface area contributed by atoms with Crippen LogP contribution >= 0.6 is 0 Å². The van der Waals surface area contributed by atoms with E-state index in [1.807, 2.05) is 0 Å². The van der Waals surface area contributed by atoms with Crippen LogP contribution in [-0.2, 0) is 9.22 Å². The Morgan fingerprint density at radius 3 is 2.05 bits per heavy atom. The maximum atomic E-state index is 10.9. The van der Waals surface area contributed by atoms with Crippen molar-refractivity contribution in [2.45, 2.75) is 77.6 Å². The van der Waals surface area contributed by atoms with Crippen LogP contribution in [0.15, 0.2) is 0 Å². The van der Waals surface area contributed by atoms with Crippen LogP contribution in [0.5, 0.6) is 0 Å². The van der Waals surface area contributed by atoms with Crippen LogP contribution in [0.25, 0.3) is 0 Å². The molecule has 0 aliphatic rings. The lowest BCUT2D eigenvalue weighted by Crippen LogP contribution is -2.47. The van der Waals surface area contributed by atoms with Crippen molar-refractivity contribution >= 4 is 22.3 Å². The van der Waals surface area contributed by atoms with Crippen molar-refractivity contribution < 1.29 is 9.22 Å². The Bertz CT molecular complexity index is 277. The van der Waals surface area contributed by atoms with E-state index >= 15 is 0 Å². The van der Waals surface area contributed by atoms with Gasteiger partial charge in [0, 0.05) is 27.1 Å². The van der Waals surface area contributed by atoms with E-state index in [1.165, 1.54) is 5.67 Å². The molecule has 0 aromatic heterocycles. The van der Waals surface area contributed by atoms with Gasteiger partial charge in [-0.15, -0.1) is 0 Å². The van der Waals surface area contributed by atoms with Gasteiger partial charge in [-0.05, 0) is 45.5 Å². The van der Waals surface area contributed by atoms with Crippen molar-refractivity contribution in [2.24, 2.45) is 0 Å². The van der Waals surface area contributed by atoms with Crippen LogP contribution in [0.4, 0.5) is 0 Å². The molecule has 3 nitrogen and oxygen atoms in total. The lowest BCUT2D eigenvalue weighted by atomic mass is 10.2. The molecule has 0 aliphatic carbocycles. The van der Waals surface area contributed by atoms with E-state index in [4.69, 9.17) is 4.43 Å². The molecule has 0 aromatic carbocycles. The van der Waals surface area contributed by atoms with Gasteiger partial charge in [-0.3, -0.25) is 4.79 Å². The third kappa shape index (κ3) is 11.4. The number of hydrogen-bond acceptors (Lipinski definition) is 2. The molecule has 0 saturated heterocycles. The molecular formula is C14H33NO2Si2. The van der Waals surface area contributed by atoms with E-state index in [9.17, 15) is 4.79 Å². The lowest BCUT2D eigenvalue weighted by Gasteiger charge is -2.38. The van der Waals surface area contributed by atoms with Gasteiger partial charge in [0.1, 0.15) is 0 Å². The van der Waals surface area contributed by atoms with Crippen molar-refractivity contribution in [2.75, 3.05) is 6.54 Å². The second-order valence-corrected chi connectivity index (χ2v) is 18.1. The largest absolute Gasteiger partial charge is 0.413 e. The minimum absolute atomic E-state index is 0.0605. The Kier molecular flexibility index (Phi) is 6.99. The second-order valence-electron chi connectivity index (χ2n) is 7.99. The highest BCUT2D eigenvalue weighted by molar-refractivity contribution is 6.92. The smallest absolute Gasteiger partial charge is 0.216 e. The van der Waals surface area contributed by atoms with Gasteiger partial charge in [-0.25, -0.2) is 0 Å². The van der Waals surface area contributed by atoms with Crippen molar-refractivity contribution in [3.63, 3.8) is 0 Å². The zero-order chi connectivity index (χ0) is 15.3. The number of carbonyl (C=O) groups excluding carboxylic acids is 1. The van der Waals surface area contributed by atoms with Gasteiger partial charge < -0.3 is 9.74 Å². The normalized spacial score (nSPS) is 16.0. The fraction of sp³-hybridized carbons (Fsp3) is 0.929. The van der Waals surface area contributed by atoms with Crippen LogP contribution in [0.1, 0.15) is 34.1 Å². The molecule has 0 saturated carbocycles. The summed E-state index contributed by atoms with van der Waals surface area (Å²) >= 11 is 0. The molecule has 0 fully saturated rings. The minimum atomic E-state index is -1.68. The number of hydrogen-bond donors (Lipinski definition) is 1. The first-order valence-corrected chi connectivity index (χ1v) is 13.8. The Hall–Kier alpha value is -0.136. The molecule has 0 spiro atoms. The van der Waals surface area contributed by atoms with Crippen molar-refractivity contribution in [1.29, 1.82) is 0 Å². The van der Waals surface area contributed by atoms with Crippen molar-refractivity contribution in [3.8, 4) is 0 Å². The standard InChI is InChI=1S/C14H33NO2Si2/c1-13(16)15-10-9-11-19(8,12-18(5,6)7)17-14(2,3)4/h9-12H2,1-8H3,(H,15,16). The summed E-state index contributed by atoms with van der Waals surface area (Å²) in [4.78, 5) is 10.9. The molecule has 0 rings (SSSR count). The minimum Gasteiger partial charge on any atom is -0.413 e. The first-order chi connectivity index (χ1) is 8.33. The maximum Gasteiger partial charge on any atom is 0.216 e. The van der Waals surface area contributed by atoms with Gasteiger partial charge in [0.15, 0.2) is 8.32 Å². The van der Waals surface area contributed by atoms with Crippen LogP contribution in [0.2, 0.25) is 37.9 Å². The van der Waals surface area contributed by atoms with E-state index in [1.54, 1.807) is 6.92 Å². The highest BCUT2D eigenvalue weighted by atomic mass is 28.4. The molecule has 0 heterocycles. The van der Waals surface area contributed by atoms with Crippen molar-refractivity contribution in [1.82, 2.24) is 5.32 Å². The van der Waals surface area contributed by atoms with Gasteiger partial charge in [0.25, 0.3) is 0 Å². The van der Waals surface area contributed by atoms with Crippen molar-refractivity contribution in [3.05, 3.63) is 0 Å². The number of carbonyl (C=O) groups is 1. The van der Waals surface area contributed by atoms with E-state index in [2.05, 4.69) is 52.3 Å². The predicted octanol–water partition coefficient (Wildman–Crippen LogP) is 3.78. The molecule has 114 valence electrons. The average Bonchev–Trinajstić information content (AvgIpc) is 2.05. The molecule has 19 heavy (non-hydrogen) atoms. The predicted molar refractivity (Wildman–Crippen MR) is 88.7 cm³/mol. The fourth-order valence-corrected chi connectivity index (χ4v) is 15.2. The second kappa shape index (κ2) is 7.04. The average molecular weight is 304 g/mol. The molecule has 0 aliphatic heterocycles. The quantitative estimate of drug-likeness (QED) is 0.574. The fourth-order valence-electron chi connectivity index (χ4n) is 2.76. The maximum absolute atomic E-state index is 10.9. The van der Waals surface area contributed by atoms with E-state index in [0.717, 1.165) is 19.0 Å². The number of amides is 1. The highest BCUT2D eigenvalue weighted by Gasteiger charge is 2.37. The van der Waals surface area contributed by atoms with Gasteiger partial charge in [0.2, 0.25) is 5.91 Å². The summed E-state index contributed by atoms with van der Waals surface area (Å²) in [6.07, 6.45) is 1.03. The first-order valence-electron chi connectivity index (χ1n) is 7.28. The molecule has 1 unspecified atom stereocenters. The summed E-state index contributed by atoms with van der Waals surface area (Å²) < 4.78 is 6.47. The Morgan fingerprint density at radius 1 is 1.16 bits per heavy atom. The Labute approximate surface area is 121 Å². The summed E-state index contributed by atoms with van der Waals surface area (Å²) in [5.41, 5.74) is 1.23. The number of nitrogens with one attached hydrogen (secondary N) is 1.